The lowest BCUT2D eigenvalue weighted by Gasteiger charge is -2.17. The number of hydrogen-bond acceptors (Lipinski definition) is 7. The smallest absolute Gasteiger partial charge is 0.341 e. The lowest BCUT2D eigenvalue weighted by molar-refractivity contribution is -0.384. The van der Waals surface area contributed by atoms with Gasteiger partial charge in [-0.15, -0.1) is 0 Å². The van der Waals surface area contributed by atoms with E-state index in [9.17, 15) is 19.7 Å². The quantitative estimate of drug-likeness (QED) is 0.171. The van der Waals surface area contributed by atoms with Crippen molar-refractivity contribution in [3.05, 3.63) is 81.9 Å². The molecule has 0 aliphatic heterocycles. The van der Waals surface area contributed by atoms with Gasteiger partial charge in [0.2, 0.25) is 0 Å². The lowest BCUT2D eigenvalue weighted by atomic mass is 9.93. The zero-order chi connectivity index (χ0) is 23.5. The number of rotatable bonds is 6. The Balaban J connectivity index is 2.14. The molecule has 0 unspecified atom stereocenters. The number of nitro benzene ring substituents is 1. The molecule has 0 N–H and O–H groups in total. The Morgan fingerprint density at radius 1 is 0.879 bits per heavy atom. The summed E-state index contributed by atoms with van der Waals surface area (Å²) in [4.78, 5) is 41.6. The van der Waals surface area contributed by atoms with Crippen LogP contribution in [0.5, 0.6) is 0 Å². The average molecular weight is 444 g/mol. The minimum Gasteiger partial charge on any atom is -0.462 e. The van der Waals surface area contributed by atoms with Gasteiger partial charge in [-0.1, -0.05) is 30.3 Å². The van der Waals surface area contributed by atoms with Gasteiger partial charge in [-0.25, -0.2) is 14.6 Å². The molecule has 1 aromatic heterocycles. The first-order valence-electron chi connectivity index (χ1n) is 10.4. The molecule has 0 saturated heterocycles. The first-order chi connectivity index (χ1) is 16.0. The van der Waals surface area contributed by atoms with E-state index < -0.39 is 16.9 Å². The zero-order valence-electron chi connectivity index (χ0n) is 18.0. The zero-order valence-corrected chi connectivity index (χ0v) is 18.0. The van der Waals surface area contributed by atoms with E-state index in [2.05, 4.69) is 0 Å². The number of fused-ring (bicyclic) bond motifs is 3. The van der Waals surface area contributed by atoms with Gasteiger partial charge < -0.3 is 9.47 Å². The van der Waals surface area contributed by atoms with Crippen LogP contribution < -0.4 is 0 Å². The van der Waals surface area contributed by atoms with E-state index in [4.69, 9.17) is 14.5 Å². The summed E-state index contributed by atoms with van der Waals surface area (Å²) in [6, 6.07) is 16.7. The summed E-state index contributed by atoms with van der Waals surface area (Å²) in [5.41, 5.74) is 1.03. The third-order valence-corrected chi connectivity index (χ3v) is 5.19. The van der Waals surface area contributed by atoms with Crippen molar-refractivity contribution >= 4 is 39.3 Å². The number of pyridine rings is 1. The Morgan fingerprint density at radius 3 is 2.15 bits per heavy atom. The van der Waals surface area contributed by atoms with Crippen molar-refractivity contribution in [1.29, 1.82) is 0 Å². The molecule has 0 bridgehead atoms. The minimum atomic E-state index is -0.726. The number of carbonyl (C=O) groups excluding carboxylic acids is 2. The Kier molecular flexibility index (Phi) is 5.99. The van der Waals surface area contributed by atoms with Crippen molar-refractivity contribution in [3.8, 4) is 11.3 Å². The Hall–Kier alpha value is -4.33. The van der Waals surface area contributed by atoms with Gasteiger partial charge in [0, 0.05) is 23.1 Å². The molecular weight excluding hydrogens is 424 g/mol. The second-order valence-electron chi connectivity index (χ2n) is 7.14. The highest BCUT2D eigenvalue weighted by Crippen LogP contribution is 2.36. The summed E-state index contributed by atoms with van der Waals surface area (Å²) in [5, 5.41) is 13.2. The van der Waals surface area contributed by atoms with Crippen LogP contribution in [0.1, 0.15) is 34.6 Å². The molecule has 4 rings (SSSR count). The van der Waals surface area contributed by atoms with Gasteiger partial charge in [0.05, 0.1) is 34.9 Å². The summed E-state index contributed by atoms with van der Waals surface area (Å²) in [5.74, 6) is -1.40. The van der Waals surface area contributed by atoms with Crippen molar-refractivity contribution in [2.24, 2.45) is 0 Å². The molecule has 0 fully saturated rings. The summed E-state index contributed by atoms with van der Waals surface area (Å²) in [6.45, 7) is 3.55. The highest BCUT2D eigenvalue weighted by atomic mass is 16.6. The fraction of sp³-hybridized carbons (Fsp3) is 0.160. The van der Waals surface area contributed by atoms with E-state index in [0.29, 0.717) is 16.5 Å². The number of non-ortho nitro benzene ring substituents is 1. The molecule has 33 heavy (non-hydrogen) atoms. The molecule has 166 valence electrons. The summed E-state index contributed by atoms with van der Waals surface area (Å²) < 4.78 is 10.6. The van der Waals surface area contributed by atoms with E-state index in [1.54, 1.807) is 19.9 Å². The average Bonchev–Trinajstić information content (AvgIpc) is 2.83. The molecule has 0 spiro atoms. The molecule has 0 radical (unpaired) electrons. The van der Waals surface area contributed by atoms with Gasteiger partial charge >= 0.3 is 11.9 Å². The standard InChI is InChI=1S/C25H20N2O6/c1-3-32-24(28)21-20-18-8-6-5-7-15(18)11-14-19(20)26-23(22(21)25(29)33-4-2)16-9-12-17(13-10-16)27(30)31/h5-14H,3-4H2,1-2H3. The first kappa shape index (κ1) is 21.9. The second-order valence-corrected chi connectivity index (χ2v) is 7.14. The highest BCUT2D eigenvalue weighted by molar-refractivity contribution is 6.21. The molecule has 0 saturated carbocycles. The van der Waals surface area contributed by atoms with Crippen molar-refractivity contribution in [2.45, 2.75) is 13.8 Å². The van der Waals surface area contributed by atoms with Crippen LogP contribution in [-0.4, -0.2) is 35.1 Å². The van der Waals surface area contributed by atoms with Crippen LogP contribution in [0.4, 0.5) is 5.69 Å². The number of aromatic nitrogens is 1. The number of ether oxygens (including phenoxy) is 2. The fourth-order valence-corrected chi connectivity index (χ4v) is 3.79. The largest absolute Gasteiger partial charge is 0.462 e. The summed E-state index contributed by atoms with van der Waals surface area (Å²) in [7, 11) is 0. The molecule has 4 aromatic rings. The van der Waals surface area contributed by atoms with E-state index in [1.165, 1.54) is 24.3 Å². The fourth-order valence-electron chi connectivity index (χ4n) is 3.79. The number of nitro groups is 1. The topological polar surface area (TPSA) is 109 Å². The maximum absolute atomic E-state index is 13.2. The number of esters is 2. The predicted molar refractivity (Wildman–Crippen MR) is 123 cm³/mol. The number of benzene rings is 3. The van der Waals surface area contributed by atoms with Gasteiger partial charge in [-0.3, -0.25) is 10.1 Å². The van der Waals surface area contributed by atoms with Crippen LogP contribution in [0, 0.1) is 10.1 Å². The molecule has 3 aromatic carbocycles. The second kappa shape index (κ2) is 9.04. The predicted octanol–water partition coefficient (Wildman–Crippen LogP) is 5.32. The van der Waals surface area contributed by atoms with Crippen molar-refractivity contribution in [2.75, 3.05) is 13.2 Å². The van der Waals surface area contributed by atoms with Gasteiger partial charge in [0.1, 0.15) is 5.56 Å². The van der Waals surface area contributed by atoms with Gasteiger partial charge in [-0.2, -0.15) is 0 Å². The van der Waals surface area contributed by atoms with E-state index in [0.717, 1.165) is 10.8 Å². The normalized spacial score (nSPS) is 10.8. The van der Waals surface area contributed by atoms with Crippen molar-refractivity contribution in [1.82, 2.24) is 4.98 Å². The van der Waals surface area contributed by atoms with Crippen LogP contribution in [-0.2, 0) is 9.47 Å². The first-order valence-corrected chi connectivity index (χ1v) is 10.4. The summed E-state index contributed by atoms with van der Waals surface area (Å²) in [6.07, 6.45) is 0. The van der Waals surface area contributed by atoms with Crippen LogP contribution in [0.3, 0.4) is 0 Å². The van der Waals surface area contributed by atoms with Crippen LogP contribution >= 0.6 is 0 Å². The third kappa shape index (κ3) is 3.98. The van der Waals surface area contributed by atoms with Crippen LogP contribution in [0.15, 0.2) is 60.7 Å². The number of hydrogen-bond donors (Lipinski definition) is 0. The summed E-state index contributed by atoms with van der Waals surface area (Å²) >= 11 is 0. The lowest BCUT2D eigenvalue weighted by Crippen LogP contribution is -2.17. The number of carbonyl (C=O) groups is 2. The molecule has 0 amide bonds. The van der Waals surface area contributed by atoms with Gasteiger partial charge in [0.15, 0.2) is 0 Å². The Labute approximate surface area is 188 Å². The SMILES string of the molecule is CCOC(=O)c1c(-c2ccc([N+](=O)[O-])cc2)nc2ccc3ccccc3c2c1C(=O)OCC. The van der Waals surface area contributed by atoms with Gasteiger partial charge in [0.25, 0.3) is 5.69 Å². The molecule has 1 heterocycles. The molecule has 8 heteroatoms. The van der Waals surface area contributed by atoms with E-state index in [-0.39, 0.29) is 35.7 Å². The molecule has 0 aliphatic rings. The van der Waals surface area contributed by atoms with E-state index >= 15 is 0 Å². The molecule has 8 nitrogen and oxygen atoms in total. The van der Waals surface area contributed by atoms with Crippen molar-refractivity contribution < 1.29 is 24.0 Å². The Morgan fingerprint density at radius 2 is 1.52 bits per heavy atom. The van der Waals surface area contributed by atoms with Crippen LogP contribution in [0.2, 0.25) is 0 Å². The minimum absolute atomic E-state index is 0.0343. The Bertz CT molecular complexity index is 1400. The highest BCUT2D eigenvalue weighted by Gasteiger charge is 2.29. The van der Waals surface area contributed by atoms with E-state index in [1.807, 2.05) is 30.3 Å². The molecular formula is C25H20N2O6. The third-order valence-electron chi connectivity index (χ3n) is 5.19. The van der Waals surface area contributed by atoms with Crippen molar-refractivity contribution in [3.63, 3.8) is 0 Å². The number of nitrogens with zero attached hydrogens (tertiary/aromatic N) is 2. The monoisotopic (exact) mass is 444 g/mol. The van der Waals surface area contributed by atoms with Gasteiger partial charge in [-0.05, 0) is 42.8 Å². The van der Waals surface area contributed by atoms with Crippen LogP contribution in [0.25, 0.3) is 32.9 Å². The molecule has 0 aliphatic carbocycles. The maximum atomic E-state index is 13.2. The molecule has 0 atom stereocenters. The maximum Gasteiger partial charge on any atom is 0.341 e.